The van der Waals surface area contributed by atoms with Crippen molar-refractivity contribution in [1.82, 2.24) is 4.57 Å². The topological polar surface area (TPSA) is 4.93 Å². The van der Waals surface area contributed by atoms with Gasteiger partial charge in [0.2, 0.25) is 0 Å². The minimum atomic E-state index is 1.41. The molecular formula is C21H27N. The standard InChI is InChI=1S/C21H27N/c1-10-12(3)16(7)20-18(14(10)5)19-15(6)11(2)13(4)17(8)21(19)22(20)9/h1-9H3. The van der Waals surface area contributed by atoms with Crippen LogP contribution in [0.2, 0.25) is 0 Å². The quantitative estimate of drug-likeness (QED) is 0.493. The molecule has 0 N–H and O–H groups in total. The zero-order valence-electron chi connectivity index (χ0n) is 15.4. The molecule has 0 fully saturated rings. The number of rotatable bonds is 0. The summed E-state index contributed by atoms with van der Waals surface area (Å²) in [5, 5.41) is 2.92. The molecule has 1 heteroatoms. The summed E-state index contributed by atoms with van der Waals surface area (Å²) >= 11 is 0. The maximum atomic E-state index is 2.42. The van der Waals surface area contributed by atoms with Gasteiger partial charge >= 0.3 is 0 Å². The smallest absolute Gasteiger partial charge is 0.0524 e. The minimum absolute atomic E-state index is 1.41. The SMILES string of the molecule is Cc1c(C)c(C)c2c(c1C)c1c(C)c(C)c(C)c(C)c1n2C. The Hall–Kier alpha value is -1.76. The molecule has 3 aromatic rings. The van der Waals surface area contributed by atoms with Crippen LogP contribution in [0.15, 0.2) is 0 Å². The van der Waals surface area contributed by atoms with Crippen molar-refractivity contribution in [2.45, 2.75) is 55.4 Å². The molecule has 2 aromatic carbocycles. The normalized spacial score (nSPS) is 11.9. The molecule has 1 aromatic heterocycles. The van der Waals surface area contributed by atoms with Crippen LogP contribution in [-0.2, 0) is 7.05 Å². The van der Waals surface area contributed by atoms with E-state index in [9.17, 15) is 0 Å². The molecule has 116 valence electrons. The van der Waals surface area contributed by atoms with Crippen LogP contribution in [0, 0.1) is 55.4 Å². The number of benzene rings is 2. The first-order chi connectivity index (χ1) is 10.2. The number of aryl methyl sites for hydroxylation is 5. The molecule has 0 unspecified atom stereocenters. The molecule has 0 amide bonds. The van der Waals surface area contributed by atoms with Crippen molar-refractivity contribution in [3.63, 3.8) is 0 Å². The molecule has 0 aliphatic heterocycles. The molecule has 3 rings (SSSR count). The average Bonchev–Trinajstić information content (AvgIpc) is 2.80. The second-order valence-corrected chi connectivity index (χ2v) is 7.01. The van der Waals surface area contributed by atoms with Crippen molar-refractivity contribution in [2.75, 3.05) is 0 Å². The zero-order chi connectivity index (χ0) is 16.5. The molecule has 0 atom stereocenters. The monoisotopic (exact) mass is 293 g/mol. The van der Waals surface area contributed by atoms with Gasteiger partial charge in [-0.25, -0.2) is 0 Å². The minimum Gasteiger partial charge on any atom is -0.343 e. The first-order valence-electron chi connectivity index (χ1n) is 8.14. The molecule has 1 heterocycles. The van der Waals surface area contributed by atoms with Gasteiger partial charge in [-0.2, -0.15) is 0 Å². The highest BCUT2D eigenvalue weighted by atomic mass is 14.9. The Balaban J connectivity index is 2.81. The van der Waals surface area contributed by atoms with Crippen LogP contribution in [0.1, 0.15) is 44.5 Å². The van der Waals surface area contributed by atoms with Crippen LogP contribution in [0.3, 0.4) is 0 Å². The van der Waals surface area contributed by atoms with Crippen molar-refractivity contribution in [3.8, 4) is 0 Å². The maximum absolute atomic E-state index is 2.42. The third-order valence-corrected chi connectivity index (χ3v) is 6.23. The second kappa shape index (κ2) is 4.62. The van der Waals surface area contributed by atoms with Gasteiger partial charge in [0.1, 0.15) is 0 Å². The highest BCUT2D eigenvalue weighted by molar-refractivity contribution is 6.14. The first-order valence-corrected chi connectivity index (χ1v) is 8.14. The van der Waals surface area contributed by atoms with E-state index < -0.39 is 0 Å². The Morgan fingerprint density at radius 3 is 1.00 bits per heavy atom. The van der Waals surface area contributed by atoms with Crippen LogP contribution in [-0.4, -0.2) is 4.57 Å². The number of aromatic nitrogens is 1. The fourth-order valence-corrected chi connectivity index (χ4v) is 4.15. The van der Waals surface area contributed by atoms with Gasteiger partial charge in [-0.1, -0.05) is 0 Å². The largest absolute Gasteiger partial charge is 0.343 e. The summed E-state index contributed by atoms with van der Waals surface area (Å²) in [4.78, 5) is 0. The fraction of sp³-hybridized carbons (Fsp3) is 0.429. The van der Waals surface area contributed by atoms with E-state index in [1.807, 2.05) is 0 Å². The summed E-state index contributed by atoms with van der Waals surface area (Å²) in [7, 11) is 2.23. The summed E-state index contributed by atoms with van der Waals surface area (Å²) in [5.41, 5.74) is 14.3. The number of hydrogen-bond donors (Lipinski definition) is 0. The van der Waals surface area contributed by atoms with E-state index in [4.69, 9.17) is 0 Å². The molecule has 1 nitrogen and oxygen atoms in total. The predicted octanol–water partition coefficient (Wildman–Crippen LogP) is 5.80. The van der Waals surface area contributed by atoms with Crippen LogP contribution in [0.4, 0.5) is 0 Å². The fourth-order valence-electron chi connectivity index (χ4n) is 4.15. The van der Waals surface area contributed by atoms with Crippen molar-refractivity contribution in [2.24, 2.45) is 7.05 Å². The molecule has 22 heavy (non-hydrogen) atoms. The van der Waals surface area contributed by atoms with Crippen LogP contribution < -0.4 is 0 Å². The van der Waals surface area contributed by atoms with Gasteiger partial charge in [0.15, 0.2) is 0 Å². The lowest BCUT2D eigenvalue weighted by Gasteiger charge is -2.13. The highest BCUT2D eigenvalue weighted by Crippen LogP contribution is 2.41. The Bertz CT molecular complexity index is 875. The van der Waals surface area contributed by atoms with Crippen LogP contribution in [0.25, 0.3) is 21.8 Å². The summed E-state index contributed by atoms with van der Waals surface area (Å²) in [5.74, 6) is 0. The maximum Gasteiger partial charge on any atom is 0.0524 e. The van der Waals surface area contributed by atoms with E-state index in [-0.39, 0.29) is 0 Å². The first kappa shape index (κ1) is 15.1. The second-order valence-electron chi connectivity index (χ2n) is 7.01. The lowest BCUT2D eigenvalue weighted by Crippen LogP contribution is -1.97. The Labute approximate surface area is 133 Å². The molecule has 0 aliphatic carbocycles. The lowest BCUT2D eigenvalue weighted by atomic mass is 9.90. The van der Waals surface area contributed by atoms with Gasteiger partial charge in [0, 0.05) is 17.8 Å². The van der Waals surface area contributed by atoms with Crippen LogP contribution >= 0.6 is 0 Å². The van der Waals surface area contributed by atoms with Gasteiger partial charge in [-0.15, -0.1) is 0 Å². The van der Waals surface area contributed by atoms with E-state index in [0.29, 0.717) is 0 Å². The number of hydrogen-bond acceptors (Lipinski definition) is 0. The molecule has 0 aliphatic rings. The predicted molar refractivity (Wildman–Crippen MR) is 98.3 cm³/mol. The number of fused-ring (bicyclic) bond motifs is 3. The number of nitrogens with zero attached hydrogens (tertiary/aromatic N) is 1. The summed E-state index contributed by atoms with van der Waals surface area (Å²) in [6.07, 6.45) is 0. The van der Waals surface area contributed by atoms with E-state index >= 15 is 0 Å². The zero-order valence-corrected chi connectivity index (χ0v) is 15.4. The lowest BCUT2D eigenvalue weighted by molar-refractivity contribution is 0.994. The van der Waals surface area contributed by atoms with Gasteiger partial charge in [-0.05, 0) is 99.9 Å². The summed E-state index contributed by atoms with van der Waals surface area (Å²) in [6, 6.07) is 0. The van der Waals surface area contributed by atoms with Gasteiger partial charge in [-0.3, -0.25) is 0 Å². The van der Waals surface area contributed by atoms with E-state index in [0.717, 1.165) is 0 Å². The molecule has 0 bridgehead atoms. The molecular weight excluding hydrogens is 266 g/mol. The third-order valence-electron chi connectivity index (χ3n) is 6.23. The van der Waals surface area contributed by atoms with Crippen molar-refractivity contribution in [1.29, 1.82) is 0 Å². The third kappa shape index (κ3) is 1.60. The molecule has 0 saturated heterocycles. The van der Waals surface area contributed by atoms with Gasteiger partial charge in [0.05, 0.1) is 11.0 Å². The Kier molecular flexibility index (Phi) is 3.18. The van der Waals surface area contributed by atoms with Gasteiger partial charge < -0.3 is 4.57 Å². The highest BCUT2D eigenvalue weighted by Gasteiger charge is 2.21. The van der Waals surface area contributed by atoms with Crippen molar-refractivity contribution in [3.05, 3.63) is 44.5 Å². The van der Waals surface area contributed by atoms with Crippen LogP contribution in [0.5, 0.6) is 0 Å². The molecule has 0 spiro atoms. The van der Waals surface area contributed by atoms with E-state index in [2.05, 4.69) is 67.0 Å². The van der Waals surface area contributed by atoms with E-state index in [1.54, 1.807) is 0 Å². The van der Waals surface area contributed by atoms with Crippen molar-refractivity contribution >= 4 is 21.8 Å². The summed E-state index contributed by atoms with van der Waals surface area (Å²) in [6.45, 7) is 18.1. The Morgan fingerprint density at radius 1 is 0.409 bits per heavy atom. The molecule has 0 radical (unpaired) electrons. The summed E-state index contributed by atoms with van der Waals surface area (Å²) < 4.78 is 2.42. The Morgan fingerprint density at radius 2 is 0.682 bits per heavy atom. The molecule has 0 saturated carbocycles. The van der Waals surface area contributed by atoms with E-state index in [1.165, 1.54) is 66.3 Å². The van der Waals surface area contributed by atoms with Gasteiger partial charge in [0.25, 0.3) is 0 Å². The van der Waals surface area contributed by atoms with Crippen molar-refractivity contribution < 1.29 is 0 Å². The average molecular weight is 293 g/mol.